The highest BCUT2D eigenvalue weighted by atomic mass is 16.5. The average molecular weight is 361 g/mol. The second kappa shape index (κ2) is 8.01. The van der Waals surface area contributed by atoms with Crippen molar-refractivity contribution in [2.75, 3.05) is 6.54 Å². The van der Waals surface area contributed by atoms with Gasteiger partial charge in [0.25, 0.3) is 5.91 Å². The van der Waals surface area contributed by atoms with Crippen molar-refractivity contribution >= 4 is 5.91 Å². The Morgan fingerprint density at radius 2 is 1.92 bits per heavy atom. The molecule has 2 aromatic heterocycles. The number of hydrogen-bond acceptors (Lipinski definition) is 5. The molecule has 2 heterocycles. The van der Waals surface area contributed by atoms with E-state index < -0.39 is 0 Å². The first-order chi connectivity index (χ1) is 12.1. The zero-order valence-corrected chi connectivity index (χ0v) is 17.0. The van der Waals surface area contributed by atoms with Crippen molar-refractivity contribution in [1.82, 2.24) is 25.2 Å². The van der Waals surface area contributed by atoms with Crippen LogP contribution in [-0.4, -0.2) is 32.4 Å². The van der Waals surface area contributed by atoms with Gasteiger partial charge in [-0.1, -0.05) is 32.9 Å². The molecular formula is C19H31N5O2. The molecule has 0 radical (unpaired) electrons. The first kappa shape index (κ1) is 20.1. The van der Waals surface area contributed by atoms with Gasteiger partial charge in [0.05, 0.1) is 5.54 Å². The van der Waals surface area contributed by atoms with Crippen LogP contribution in [0.1, 0.15) is 94.6 Å². The number of amides is 1. The minimum absolute atomic E-state index is 0.150. The summed E-state index contributed by atoms with van der Waals surface area (Å²) in [6.45, 7) is 15.1. The molecule has 1 N–H and O–H groups in total. The molecule has 0 saturated heterocycles. The van der Waals surface area contributed by atoms with Crippen LogP contribution in [0.25, 0.3) is 0 Å². The van der Waals surface area contributed by atoms with Crippen LogP contribution in [0.15, 0.2) is 10.6 Å². The van der Waals surface area contributed by atoms with Crippen molar-refractivity contribution < 1.29 is 9.32 Å². The zero-order valence-electron chi connectivity index (χ0n) is 17.0. The van der Waals surface area contributed by atoms with Crippen LogP contribution in [0.5, 0.6) is 0 Å². The van der Waals surface area contributed by atoms with E-state index in [1.54, 1.807) is 0 Å². The van der Waals surface area contributed by atoms with Crippen molar-refractivity contribution in [3.8, 4) is 0 Å². The van der Waals surface area contributed by atoms with Crippen molar-refractivity contribution in [2.45, 2.75) is 78.7 Å². The van der Waals surface area contributed by atoms with Crippen molar-refractivity contribution in [1.29, 1.82) is 0 Å². The molecule has 0 spiro atoms. The maximum Gasteiger partial charge on any atom is 0.271 e. The normalized spacial score (nSPS) is 12.2. The van der Waals surface area contributed by atoms with Crippen LogP contribution in [0, 0.1) is 0 Å². The number of nitrogens with one attached hydrogen (secondary N) is 1. The SMILES string of the molecule is CC(C)c1noc(CCCNC(=O)c2cc(C(C)C)n(C(C)(C)C)n2)n1. The first-order valence-electron chi connectivity index (χ1n) is 9.30. The third-order valence-corrected chi connectivity index (χ3v) is 4.05. The largest absolute Gasteiger partial charge is 0.351 e. The highest BCUT2D eigenvalue weighted by Crippen LogP contribution is 2.23. The number of carbonyl (C=O) groups is 1. The Bertz CT molecular complexity index is 737. The Labute approximate surface area is 155 Å². The molecule has 7 nitrogen and oxygen atoms in total. The highest BCUT2D eigenvalue weighted by Gasteiger charge is 2.23. The molecule has 0 atom stereocenters. The lowest BCUT2D eigenvalue weighted by molar-refractivity contribution is 0.0946. The van der Waals surface area contributed by atoms with E-state index in [1.807, 2.05) is 24.6 Å². The molecule has 144 valence electrons. The maximum absolute atomic E-state index is 12.4. The van der Waals surface area contributed by atoms with Crippen LogP contribution in [0.2, 0.25) is 0 Å². The second-order valence-electron chi connectivity index (χ2n) is 8.25. The molecule has 0 aliphatic carbocycles. The van der Waals surface area contributed by atoms with Gasteiger partial charge in [-0.05, 0) is 39.2 Å². The smallest absolute Gasteiger partial charge is 0.271 e. The van der Waals surface area contributed by atoms with Gasteiger partial charge in [0.2, 0.25) is 5.89 Å². The molecule has 0 aromatic carbocycles. The van der Waals surface area contributed by atoms with Crippen LogP contribution in [0.4, 0.5) is 0 Å². The highest BCUT2D eigenvalue weighted by molar-refractivity contribution is 5.92. The summed E-state index contributed by atoms with van der Waals surface area (Å²) < 4.78 is 7.15. The summed E-state index contributed by atoms with van der Waals surface area (Å²) in [5.74, 6) is 1.74. The third kappa shape index (κ3) is 4.93. The van der Waals surface area contributed by atoms with E-state index in [-0.39, 0.29) is 17.4 Å². The quantitative estimate of drug-likeness (QED) is 0.761. The molecule has 0 bridgehead atoms. The van der Waals surface area contributed by atoms with Gasteiger partial charge in [-0.2, -0.15) is 10.1 Å². The summed E-state index contributed by atoms with van der Waals surface area (Å²) in [6.07, 6.45) is 1.39. The zero-order chi connectivity index (χ0) is 19.5. The van der Waals surface area contributed by atoms with Gasteiger partial charge in [-0.25, -0.2) is 0 Å². The summed E-state index contributed by atoms with van der Waals surface area (Å²) in [4.78, 5) is 16.8. The van der Waals surface area contributed by atoms with E-state index >= 15 is 0 Å². The predicted molar refractivity (Wildman–Crippen MR) is 100 cm³/mol. The van der Waals surface area contributed by atoms with E-state index in [1.165, 1.54) is 0 Å². The molecule has 0 unspecified atom stereocenters. The topological polar surface area (TPSA) is 85.8 Å². The van der Waals surface area contributed by atoms with E-state index in [4.69, 9.17) is 4.52 Å². The average Bonchev–Trinajstić information content (AvgIpc) is 3.17. The van der Waals surface area contributed by atoms with E-state index in [9.17, 15) is 4.79 Å². The van der Waals surface area contributed by atoms with Crippen LogP contribution < -0.4 is 5.32 Å². The lowest BCUT2D eigenvalue weighted by Gasteiger charge is -2.23. The molecule has 0 aliphatic rings. The van der Waals surface area contributed by atoms with Gasteiger partial charge in [-0.15, -0.1) is 0 Å². The van der Waals surface area contributed by atoms with Gasteiger partial charge in [-0.3, -0.25) is 9.48 Å². The summed E-state index contributed by atoms with van der Waals surface area (Å²) in [5.41, 5.74) is 1.36. The van der Waals surface area contributed by atoms with Crippen molar-refractivity contribution in [3.63, 3.8) is 0 Å². The van der Waals surface area contributed by atoms with Crippen LogP contribution >= 0.6 is 0 Å². The minimum atomic E-state index is -0.162. The lowest BCUT2D eigenvalue weighted by atomic mass is 10.1. The molecule has 26 heavy (non-hydrogen) atoms. The van der Waals surface area contributed by atoms with Gasteiger partial charge in [0.15, 0.2) is 5.82 Å². The summed E-state index contributed by atoms with van der Waals surface area (Å²) in [5, 5.41) is 11.4. The maximum atomic E-state index is 12.4. The number of hydrogen-bond donors (Lipinski definition) is 1. The molecule has 1 amide bonds. The summed E-state index contributed by atoms with van der Waals surface area (Å²) >= 11 is 0. The lowest BCUT2D eigenvalue weighted by Crippen LogP contribution is -2.28. The third-order valence-electron chi connectivity index (χ3n) is 4.05. The number of aryl methyl sites for hydroxylation is 1. The molecule has 0 saturated carbocycles. The standard InChI is InChI=1S/C19H31N5O2/c1-12(2)15-11-14(22-24(15)19(5,6)7)18(25)20-10-8-9-16-21-17(13(3)4)23-26-16/h11-13H,8-10H2,1-7H3,(H,20,25). The number of rotatable bonds is 7. The molecule has 0 aliphatic heterocycles. The Kier molecular flexibility index (Phi) is 6.21. The Balaban J connectivity index is 1.91. The number of aromatic nitrogens is 4. The second-order valence-corrected chi connectivity index (χ2v) is 8.25. The van der Waals surface area contributed by atoms with Gasteiger partial charge < -0.3 is 9.84 Å². The fraction of sp³-hybridized carbons (Fsp3) is 0.684. The monoisotopic (exact) mass is 361 g/mol. The minimum Gasteiger partial charge on any atom is -0.351 e. The van der Waals surface area contributed by atoms with Crippen molar-refractivity contribution in [2.24, 2.45) is 0 Å². The predicted octanol–water partition coefficient (Wildman–Crippen LogP) is 3.63. The van der Waals surface area contributed by atoms with E-state index in [2.05, 4.69) is 55.2 Å². The number of nitrogens with zero attached hydrogens (tertiary/aromatic N) is 4. The Hall–Kier alpha value is -2.18. The van der Waals surface area contributed by atoms with Gasteiger partial charge >= 0.3 is 0 Å². The van der Waals surface area contributed by atoms with Gasteiger partial charge in [0.1, 0.15) is 5.69 Å². The molecule has 0 fully saturated rings. The summed E-state index contributed by atoms with van der Waals surface area (Å²) in [6, 6.07) is 1.89. The molecule has 7 heteroatoms. The van der Waals surface area contributed by atoms with E-state index in [0.29, 0.717) is 30.5 Å². The van der Waals surface area contributed by atoms with Crippen molar-refractivity contribution in [3.05, 3.63) is 29.2 Å². The summed E-state index contributed by atoms with van der Waals surface area (Å²) in [7, 11) is 0. The first-order valence-corrected chi connectivity index (χ1v) is 9.30. The Morgan fingerprint density at radius 3 is 2.42 bits per heavy atom. The molecular weight excluding hydrogens is 330 g/mol. The Morgan fingerprint density at radius 1 is 1.23 bits per heavy atom. The molecule has 2 rings (SSSR count). The van der Waals surface area contributed by atoms with Crippen LogP contribution in [-0.2, 0) is 12.0 Å². The van der Waals surface area contributed by atoms with Gasteiger partial charge in [0, 0.05) is 24.6 Å². The number of carbonyl (C=O) groups excluding carboxylic acids is 1. The van der Waals surface area contributed by atoms with Crippen LogP contribution in [0.3, 0.4) is 0 Å². The fourth-order valence-electron chi connectivity index (χ4n) is 2.59. The fourth-order valence-corrected chi connectivity index (χ4v) is 2.59. The van der Waals surface area contributed by atoms with E-state index in [0.717, 1.165) is 17.9 Å². The molecule has 2 aromatic rings.